The molecule has 0 rings (SSSR count). The second kappa shape index (κ2) is 20.4. The van der Waals surface area contributed by atoms with Gasteiger partial charge in [-0.1, -0.05) is 94.9 Å². The average Bonchev–Trinajstić information content (AvgIpc) is 2.39. The molecule has 0 atom stereocenters. The molecule has 0 saturated heterocycles. The van der Waals surface area contributed by atoms with Crippen molar-refractivity contribution in [1.82, 2.24) is 0 Å². The van der Waals surface area contributed by atoms with E-state index in [2.05, 4.69) is 27.7 Å². The molecule has 0 aromatic heterocycles. The van der Waals surface area contributed by atoms with Crippen LogP contribution in [0.2, 0.25) is 21.1 Å². The third-order valence-corrected chi connectivity index (χ3v) is 7.99. The number of unbranched alkanes of at least 4 members (excludes halogenated alkanes) is 4. The largest absolute Gasteiger partial charge is 0.261 e. The van der Waals surface area contributed by atoms with Gasteiger partial charge in [0, 0.05) is 0 Å². The molecular weight excluding hydrogens is 246 g/mol. The number of rotatable bonds is 11. The summed E-state index contributed by atoms with van der Waals surface area (Å²) in [6.45, 7) is 9.21. The minimum Gasteiger partial charge on any atom is -0.101 e. The Balaban J connectivity index is 0. The SMILES string of the molecule is CCC[CH2][AlH2].CCC[CH2][Al]([CH2]CCC)[CH2]CCC. The van der Waals surface area contributed by atoms with Gasteiger partial charge in [-0.05, 0) is 0 Å². The molecule has 0 spiro atoms. The first kappa shape index (κ1) is 21.4. The maximum Gasteiger partial charge on any atom is 0.261 e. The lowest BCUT2D eigenvalue weighted by Gasteiger charge is -2.09. The van der Waals surface area contributed by atoms with Crippen LogP contribution in [0.15, 0.2) is 0 Å². The van der Waals surface area contributed by atoms with E-state index in [4.69, 9.17) is 0 Å². The first-order chi connectivity index (χ1) is 8.76. The molecule has 0 N–H and O–H groups in total. The molecule has 0 fully saturated rings. The Morgan fingerprint density at radius 1 is 0.611 bits per heavy atom. The first-order valence-corrected chi connectivity index (χ1v) is 12.6. The molecule has 0 heterocycles. The van der Waals surface area contributed by atoms with Crippen molar-refractivity contribution in [2.75, 3.05) is 0 Å². The average molecular weight is 284 g/mol. The summed E-state index contributed by atoms with van der Waals surface area (Å²) in [6, 6.07) is 0. The standard InChI is InChI=1S/4C4H9.2Al.2H/c4*1-3-4-2;;;;/h4*1,3-4H2,2H3;;;;. The summed E-state index contributed by atoms with van der Waals surface area (Å²) < 4.78 is 0. The topological polar surface area (TPSA) is 0 Å². The van der Waals surface area contributed by atoms with Gasteiger partial charge in [0.1, 0.15) is 0 Å². The van der Waals surface area contributed by atoms with Crippen LogP contribution in [0.3, 0.4) is 0 Å². The highest BCUT2D eigenvalue weighted by atomic mass is 27.2. The summed E-state index contributed by atoms with van der Waals surface area (Å²) in [5, 5.41) is 6.35. The molecule has 0 aromatic carbocycles. The van der Waals surface area contributed by atoms with E-state index in [0.717, 1.165) is 0 Å². The van der Waals surface area contributed by atoms with E-state index in [-0.39, 0.29) is 14.1 Å². The van der Waals surface area contributed by atoms with Gasteiger partial charge in [-0.2, -0.15) is 0 Å². The van der Waals surface area contributed by atoms with Crippen LogP contribution in [0, 0.1) is 0 Å². The highest BCUT2D eigenvalue weighted by Gasteiger charge is 2.14. The van der Waals surface area contributed by atoms with Crippen molar-refractivity contribution in [2.24, 2.45) is 0 Å². The van der Waals surface area contributed by atoms with Crippen molar-refractivity contribution in [3.63, 3.8) is 0 Å². The van der Waals surface area contributed by atoms with E-state index in [1.165, 1.54) is 72.9 Å². The smallest absolute Gasteiger partial charge is 0.101 e. The summed E-state index contributed by atoms with van der Waals surface area (Å²) in [6.07, 6.45) is 11.6. The van der Waals surface area contributed by atoms with Gasteiger partial charge in [0.2, 0.25) is 16.3 Å². The van der Waals surface area contributed by atoms with Gasteiger partial charge in [-0.3, -0.25) is 0 Å². The third-order valence-electron chi connectivity index (χ3n) is 3.60. The normalized spacial score (nSPS) is 9.78. The maximum atomic E-state index is 2.32. The van der Waals surface area contributed by atoms with Crippen molar-refractivity contribution in [1.29, 1.82) is 0 Å². The lowest BCUT2D eigenvalue weighted by molar-refractivity contribution is 0.812. The Hall–Kier alpha value is 1.06. The van der Waals surface area contributed by atoms with Crippen LogP contribution in [0.1, 0.15) is 79.1 Å². The molecule has 0 aromatic rings. The highest BCUT2D eigenvalue weighted by molar-refractivity contribution is 6.58. The molecule has 0 amide bonds. The summed E-state index contributed by atoms with van der Waals surface area (Å²) >= 11 is 1.11. The summed E-state index contributed by atoms with van der Waals surface area (Å²) in [5.41, 5.74) is 0. The van der Waals surface area contributed by atoms with Gasteiger partial charge >= 0.3 is 0 Å². The summed E-state index contributed by atoms with van der Waals surface area (Å²) in [4.78, 5) is 0. The van der Waals surface area contributed by atoms with Crippen molar-refractivity contribution < 1.29 is 0 Å². The molecular formula is C16H38Al2. The van der Waals surface area contributed by atoms with E-state index in [9.17, 15) is 0 Å². The molecule has 0 radical (unpaired) electrons. The second-order valence-electron chi connectivity index (χ2n) is 5.65. The lowest BCUT2D eigenvalue weighted by Crippen LogP contribution is -2.11. The molecule has 0 saturated carbocycles. The first-order valence-electron chi connectivity index (χ1n) is 8.76. The number of hydrogen-bond acceptors (Lipinski definition) is 0. The van der Waals surface area contributed by atoms with E-state index in [1.54, 1.807) is 15.8 Å². The zero-order valence-corrected chi connectivity index (χ0v) is 17.2. The maximum absolute atomic E-state index is 2.32. The van der Waals surface area contributed by atoms with E-state index < -0.39 is 0 Å². The summed E-state index contributed by atoms with van der Waals surface area (Å²) in [5.74, 6) is 0. The monoisotopic (exact) mass is 284 g/mol. The van der Waals surface area contributed by atoms with Crippen LogP contribution in [0.5, 0.6) is 0 Å². The molecule has 0 bridgehead atoms. The van der Waals surface area contributed by atoms with E-state index in [0.29, 0.717) is 0 Å². The fraction of sp³-hybridized carbons (Fsp3) is 1.00. The van der Waals surface area contributed by atoms with Gasteiger partial charge < -0.3 is 0 Å². The van der Waals surface area contributed by atoms with Crippen molar-refractivity contribution in [3.05, 3.63) is 0 Å². The van der Waals surface area contributed by atoms with Crippen LogP contribution in [-0.4, -0.2) is 30.4 Å². The Morgan fingerprint density at radius 2 is 0.944 bits per heavy atom. The molecule has 18 heavy (non-hydrogen) atoms. The van der Waals surface area contributed by atoms with E-state index >= 15 is 0 Å². The summed E-state index contributed by atoms with van der Waals surface area (Å²) in [7, 11) is 0. The van der Waals surface area contributed by atoms with Gasteiger partial charge in [0.05, 0.1) is 0 Å². The van der Waals surface area contributed by atoms with Crippen molar-refractivity contribution >= 4 is 30.4 Å². The number of hydrogen-bond donors (Lipinski definition) is 0. The predicted molar refractivity (Wildman–Crippen MR) is 93.2 cm³/mol. The van der Waals surface area contributed by atoms with Crippen LogP contribution < -0.4 is 0 Å². The quantitative estimate of drug-likeness (QED) is 0.426. The van der Waals surface area contributed by atoms with Gasteiger partial charge in [-0.25, -0.2) is 0 Å². The molecule has 0 unspecified atom stereocenters. The minimum absolute atomic E-state index is 0.287. The molecule has 0 aliphatic rings. The third kappa shape index (κ3) is 19.4. The van der Waals surface area contributed by atoms with Gasteiger partial charge in [-0.15, -0.1) is 5.28 Å². The second-order valence-corrected chi connectivity index (χ2v) is 10.1. The van der Waals surface area contributed by atoms with Gasteiger partial charge in [0.25, 0.3) is 14.1 Å². The molecule has 0 aliphatic carbocycles. The molecule has 108 valence electrons. The molecule has 2 heteroatoms. The van der Waals surface area contributed by atoms with Crippen LogP contribution in [-0.2, 0) is 0 Å². The van der Waals surface area contributed by atoms with Crippen molar-refractivity contribution in [2.45, 2.75) is 100 Å². The Bertz CT molecular complexity index is 105. The Morgan fingerprint density at radius 3 is 1.11 bits per heavy atom. The van der Waals surface area contributed by atoms with E-state index in [1.807, 2.05) is 0 Å². The van der Waals surface area contributed by atoms with Crippen molar-refractivity contribution in [3.8, 4) is 0 Å². The molecule has 0 aliphatic heterocycles. The fourth-order valence-corrected chi connectivity index (χ4v) is 6.79. The predicted octanol–water partition coefficient (Wildman–Crippen LogP) is 5.72. The Kier molecular flexibility index (Phi) is 24.2. The minimum atomic E-state index is -0.287. The lowest BCUT2D eigenvalue weighted by atomic mass is 10.4. The van der Waals surface area contributed by atoms with Gasteiger partial charge in [0.15, 0.2) is 0 Å². The zero-order chi connectivity index (χ0) is 14.1. The fourth-order valence-electron chi connectivity index (χ4n) is 2.26. The van der Waals surface area contributed by atoms with Crippen LogP contribution >= 0.6 is 0 Å². The van der Waals surface area contributed by atoms with Crippen LogP contribution in [0.25, 0.3) is 0 Å². The molecule has 0 nitrogen and oxygen atoms in total. The van der Waals surface area contributed by atoms with Crippen LogP contribution in [0.4, 0.5) is 0 Å². The zero-order valence-electron chi connectivity index (χ0n) is 14.1. The highest BCUT2D eigenvalue weighted by Crippen LogP contribution is 2.16. The Labute approximate surface area is 130 Å².